The average Bonchev–Trinajstić information content (AvgIpc) is 1.97. The second kappa shape index (κ2) is 5.58. The van der Waals surface area contributed by atoms with E-state index in [1.165, 1.54) is 19.3 Å². The van der Waals surface area contributed by atoms with Gasteiger partial charge in [0.05, 0.1) is 6.10 Å². The monoisotopic (exact) mass is 186 g/mol. The van der Waals surface area contributed by atoms with Crippen molar-refractivity contribution >= 4 is 0 Å². The first-order valence-electron chi connectivity index (χ1n) is 5.29. The summed E-state index contributed by atoms with van der Waals surface area (Å²) in [6.45, 7) is 2.49. The lowest BCUT2D eigenvalue weighted by atomic mass is 9.85. The van der Waals surface area contributed by atoms with Crippen molar-refractivity contribution in [1.29, 1.82) is 0 Å². The topological polar surface area (TPSA) is 49.5 Å². The van der Waals surface area contributed by atoms with Gasteiger partial charge in [-0.3, -0.25) is 0 Å². The summed E-state index contributed by atoms with van der Waals surface area (Å²) in [5.74, 6) is 0.884. The van der Waals surface area contributed by atoms with Crippen LogP contribution in [0.2, 0.25) is 0 Å². The fourth-order valence-corrected chi connectivity index (χ4v) is 1.83. The summed E-state index contributed by atoms with van der Waals surface area (Å²) in [4.78, 5) is 2.23. The Balaban J connectivity index is 2.04. The molecular weight excluding hydrogens is 164 g/mol. The minimum atomic E-state index is -0.241. The van der Waals surface area contributed by atoms with Crippen molar-refractivity contribution < 1.29 is 5.11 Å². The predicted molar refractivity (Wildman–Crippen MR) is 54.5 cm³/mol. The quantitative estimate of drug-likeness (QED) is 0.632. The van der Waals surface area contributed by atoms with Crippen LogP contribution in [-0.2, 0) is 0 Å². The Morgan fingerprint density at radius 3 is 2.69 bits per heavy atom. The third-order valence-electron chi connectivity index (χ3n) is 2.82. The molecule has 1 fully saturated rings. The Hall–Kier alpha value is -0.120. The third kappa shape index (κ3) is 4.07. The van der Waals surface area contributed by atoms with E-state index in [0.717, 1.165) is 25.4 Å². The number of likely N-dealkylation sites (N-methyl/N-ethyl adjacent to an activating group) is 1. The van der Waals surface area contributed by atoms with Crippen LogP contribution in [0.1, 0.15) is 25.7 Å². The molecule has 0 bridgehead atoms. The van der Waals surface area contributed by atoms with Gasteiger partial charge in [0.25, 0.3) is 0 Å². The maximum absolute atomic E-state index is 9.50. The van der Waals surface area contributed by atoms with Crippen LogP contribution in [0.3, 0.4) is 0 Å². The molecule has 78 valence electrons. The molecule has 0 spiro atoms. The van der Waals surface area contributed by atoms with Gasteiger partial charge < -0.3 is 15.7 Å². The summed E-state index contributed by atoms with van der Waals surface area (Å²) in [5.41, 5.74) is 5.37. The van der Waals surface area contributed by atoms with Gasteiger partial charge in [-0.05, 0) is 38.8 Å². The van der Waals surface area contributed by atoms with Crippen molar-refractivity contribution in [3.63, 3.8) is 0 Å². The second-order valence-electron chi connectivity index (χ2n) is 4.25. The largest absolute Gasteiger partial charge is 0.392 e. The molecular formula is C10H22N2O. The van der Waals surface area contributed by atoms with Crippen LogP contribution >= 0.6 is 0 Å². The molecule has 0 heterocycles. The highest BCUT2D eigenvalue weighted by atomic mass is 16.3. The van der Waals surface area contributed by atoms with Gasteiger partial charge >= 0.3 is 0 Å². The molecule has 3 N–H and O–H groups in total. The zero-order valence-corrected chi connectivity index (χ0v) is 8.58. The van der Waals surface area contributed by atoms with Gasteiger partial charge in [0.2, 0.25) is 0 Å². The maximum atomic E-state index is 9.50. The summed E-state index contributed by atoms with van der Waals surface area (Å²) in [7, 11) is 2.08. The van der Waals surface area contributed by atoms with Crippen molar-refractivity contribution in [2.75, 3.05) is 26.7 Å². The van der Waals surface area contributed by atoms with Crippen molar-refractivity contribution in [3.05, 3.63) is 0 Å². The number of nitrogens with zero attached hydrogens (tertiary/aromatic N) is 1. The highest BCUT2D eigenvalue weighted by Gasteiger charge is 2.19. The Labute approximate surface area is 80.9 Å². The summed E-state index contributed by atoms with van der Waals surface area (Å²) in [6, 6.07) is 0. The highest BCUT2D eigenvalue weighted by molar-refractivity contribution is 4.73. The van der Waals surface area contributed by atoms with Crippen molar-refractivity contribution in [3.8, 4) is 0 Å². The lowest BCUT2D eigenvalue weighted by Crippen LogP contribution is -2.35. The molecule has 1 aliphatic rings. The molecule has 1 atom stereocenters. The molecule has 3 heteroatoms. The molecule has 0 radical (unpaired) electrons. The SMILES string of the molecule is CN(CC(O)CCN)CC1CCC1. The molecule has 1 unspecified atom stereocenters. The summed E-state index contributed by atoms with van der Waals surface area (Å²) in [5, 5.41) is 9.50. The standard InChI is InChI=1S/C10H22N2O/c1-12(7-9-3-2-4-9)8-10(13)5-6-11/h9-10,13H,2-8,11H2,1H3. The van der Waals surface area contributed by atoms with E-state index < -0.39 is 0 Å². The van der Waals surface area contributed by atoms with E-state index in [-0.39, 0.29) is 6.10 Å². The smallest absolute Gasteiger partial charge is 0.0679 e. The fourth-order valence-electron chi connectivity index (χ4n) is 1.83. The van der Waals surface area contributed by atoms with Crippen LogP contribution in [0, 0.1) is 5.92 Å². The second-order valence-corrected chi connectivity index (χ2v) is 4.25. The van der Waals surface area contributed by atoms with E-state index in [1.807, 2.05) is 0 Å². The summed E-state index contributed by atoms with van der Waals surface area (Å²) >= 11 is 0. The third-order valence-corrected chi connectivity index (χ3v) is 2.82. The Morgan fingerprint density at radius 2 is 2.23 bits per heavy atom. The van der Waals surface area contributed by atoms with E-state index in [2.05, 4.69) is 11.9 Å². The van der Waals surface area contributed by atoms with Crippen LogP contribution < -0.4 is 5.73 Å². The van der Waals surface area contributed by atoms with Gasteiger partial charge in [0, 0.05) is 13.1 Å². The van der Waals surface area contributed by atoms with Gasteiger partial charge in [0.1, 0.15) is 0 Å². The van der Waals surface area contributed by atoms with Gasteiger partial charge in [-0.15, -0.1) is 0 Å². The van der Waals surface area contributed by atoms with Crippen LogP contribution in [0.25, 0.3) is 0 Å². The highest BCUT2D eigenvalue weighted by Crippen LogP contribution is 2.26. The van der Waals surface area contributed by atoms with Crippen LogP contribution in [0.4, 0.5) is 0 Å². The van der Waals surface area contributed by atoms with Gasteiger partial charge in [-0.2, -0.15) is 0 Å². The molecule has 0 aromatic rings. The number of aliphatic hydroxyl groups is 1. The lowest BCUT2D eigenvalue weighted by molar-refractivity contribution is 0.102. The Morgan fingerprint density at radius 1 is 1.54 bits per heavy atom. The van der Waals surface area contributed by atoms with E-state index >= 15 is 0 Å². The van der Waals surface area contributed by atoms with Crippen molar-refractivity contribution in [2.45, 2.75) is 31.8 Å². The number of nitrogens with two attached hydrogens (primary N) is 1. The Kier molecular flexibility index (Phi) is 4.70. The predicted octanol–water partition coefficient (Wildman–Crippen LogP) is 0.428. The number of hydrogen-bond acceptors (Lipinski definition) is 3. The minimum absolute atomic E-state index is 0.241. The van der Waals surface area contributed by atoms with Crippen LogP contribution in [0.5, 0.6) is 0 Å². The van der Waals surface area contributed by atoms with Crippen LogP contribution in [0.15, 0.2) is 0 Å². The van der Waals surface area contributed by atoms with Gasteiger partial charge in [-0.1, -0.05) is 6.42 Å². The van der Waals surface area contributed by atoms with E-state index in [1.54, 1.807) is 0 Å². The molecule has 3 nitrogen and oxygen atoms in total. The van der Waals surface area contributed by atoms with E-state index in [0.29, 0.717) is 6.54 Å². The van der Waals surface area contributed by atoms with Crippen molar-refractivity contribution in [2.24, 2.45) is 11.7 Å². The maximum Gasteiger partial charge on any atom is 0.0679 e. The lowest BCUT2D eigenvalue weighted by Gasteiger charge is -2.31. The molecule has 1 aliphatic carbocycles. The molecule has 1 rings (SSSR count). The van der Waals surface area contributed by atoms with Gasteiger partial charge in [0.15, 0.2) is 0 Å². The summed E-state index contributed by atoms with van der Waals surface area (Å²) in [6.07, 6.45) is 4.61. The fraction of sp³-hybridized carbons (Fsp3) is 1.00. The molecule has 13 heavy (non-hydrogen) atoms. The number of hydrogen-bond donors (Lipinski definition) is 2. The van der Waals surface area contributed by atoms with Crippen LogP contribution in [-0.4, -0.2) is 42.8 Å². The number of rotatable bonds is 6. The zero-order chi connectivity index (χ0) is 9.68. The molecule has 1 saturated carbocycles. The Bertz CT molecular complexity index is 137. The first-order valence-corrected chi connectivity index (χ1v) is 5.29. The zero-order valence-electron chi connectivity index (χ0n) is 8.58. The van der Waals surface area contributed by atoms with E-state index in [9.17, 15) is 5.11 Å². The summed E-state index contributed by atoms with van der Waals surface area (Å²) < 4.78 is 0. The molecule has 0 amide bonds. The molecule has 0 aromatic carbocycles. The molecule has 0 aliphatic heterocycles. The first-order chi connectivity index (χ1) is 6.22. The van der Waals surface area contributed by atoms with Crippen molar-refractivity contribution in [1.82, 2.24) is 4.90 Å². The average molecular weight is 186 g/mol. The normalized spacial score (nSPS) is 20.3. The van der Waals surface area contributed by atoms with Gasteiger partial charge in [-0.25, -0.2) is 0 Å². The first kappa shape index (κ1) is 11.0. The molecule has 0 aromatic heterocycles. The number of aliphatic hydroxyl groups excluding tert-OH is 1. The minimum Gasteiger partial charge on any atom is -0.392 e. The van der Waals surface area contributed by atoms with E-state index in [4.69, 9.17) is 5.73 Å². The molecule has 0 saturated heterocycles.